The molecule has 0 spiro atoms. The number of anilines is 1. The molecule has 2 N–H and O–H groups in total. The van der Waals surface area contributed by atoms with Crippen LogP contribution in [0.4, 0.5) is 5.82 Å². The molecule has 1 aromatic rings. The molecule has 0 aromatic carbocycles. The van der Waals surface area contributed by atoms with E-state index in [0.29, 0.717) is 18.9 Å². The highest BCUT2D eigenvalue weighted by Gasteiger charge is 2.31. The predicted octanol–water partition coefficient (Wildman–Crippen LogP) is 2.41. The second-order valence-electron chi connectivity index (χ2n) is 6.85. The SMILES string of the molecule is Cc1ccc(NC(=O)C2CCN(C(=O)C3CCCNC3)CC2)nc1.Cl.Cl. The lowest BCUT2D eigenvalue weighted by molar-refractivity contribution is -0.138. The number of carbonyl (C=O) groups is 2. The topological polar surface area (TPSA) is 74.3 Å². The third kappa shape index (κ3) is 5.83. The van der Waals surface area contributed by atoms with Crippen LogP contribution in [0.25, 0.3) is 0 Å². The molecule has 2 amide bonds. The van der Waals surface area contributed by atoms with Crippen LogP contribution < -0.4 is 10.6 Å². The number of hydrogen-bond acceptors (Lipinski definition) is 4. The van der Waals surface area contributed by atoms with E-state index in [1.807, 2.05) is 24.0 Å². The highest BCUT2D eigenvalue weighted by Crippen LogP contribution is 2.22. The molecule has 2 saturated heterocycles. The summed E-state index contributed by atoms with van der Waals surface area (Å²) in [5.41, 5.74) is 1.07. The molecule has 26 heavy (non-hydrogen) atoms. The molecule has 0 radical (unpaired) electrons. The first-order chi connectivity index (χ1) is 11.6. The first-order valence-corrected chi connectivity index (χ1v) is 8.86. The molecule has 6 nitrogen and oxygen atoms in total. The smallest absolute Gasteiger partial charge is 0.228 e. The minimum atomic E-state index is -0.0402. The van der Waals surface area contributed by atoms with E-state index in [1.54, 1.807) is 6.20 Å². The molecule has 2 fully saturated rings. The number of amides is 2. The van der Waals surface area contributed by atoms with Gasteiger partial charge in [-0.15, -0.1) is 24.8 Å². The van der Waals surface area contributed by atoms with Crippen LogP contribution in [0.5, 0.6) is 0 Å². The molecule has 1 unspecified atom stereocenters. The van der Waals surface area contributed by atoms with Crippen LogP contribution in [0.1, 0.15) is 31.2 Å². The van der Waals surface area contributed by atoms with Crippen LogP contribution in [0.15, 0.2) is 18.3 Å². The van der Waals surface area contributed by atoms with Gasteiger partial charge >= 0.3 is 0 Å². The van der Waals surface area contributed by atoms with Crippen LogP contribution in [-0.4, -0.2) is 47.9 Å². The van der Waals surface area contributed by atoms with E-state index in [2.05, 4.69) is 15.6 Å². The molecule has 1 atom stereocenters. The summed E-state index contributed by atoms with van der Waals surface area (Å²) >= 11 is 0. The van der Waals surface area contributed by atoms with Crippen LogP contribution in [-0.2, 0) is 9.59 Å². The number of halogens is 2. The van der Waals surface area contributed by atoms with Crippen molar-refractivity contribution in [3.8, 4) is 0 Å². The number of hydrogen-bond donors (Lipinski definition) is 2. The number of rotatable bonds is 3. The van der Waals surface area contributed by atoms with Gasteiger partial charge in [0.1, 0.15) is 5.82 Å². The van der Waals surface area contributed by atoms with E-state index >= 15 is 0 Å². The second-order valence-corrected chi connectivity index (χ2v) is 6.85. The zero-order valence-electron chi connectivity index (χ0n) is 15.1. The van der Waals surface area contributed by atoms with Gasteiger partial charge in [0.2, 0.25) is 11.8 Å². The Balaban J connectivity index is 0.00000169. The highest BCUT2D eigenvalue weighted by atomic mass is 35.5. The minimum Gasteiger partial charge on any atom is -0.342 e. The van der Waals surface area contributed by atoms with Crippen molar-refractivity contribution >= 4 is 42.4 Å². The van der Waals surface area contributed by atoms with Crippen molar-refractivity contribution in [2.24, 2.45) is 11.8 Å². The third-order valence-electron chi connectivity index (χ3n) is 4.99. The Kier molecular flexibility index (Phi) is 9.33. The molecule has 0 saturated carbocycles. The zero-order valence-corrected chi connectivity index (χ0v) is 16.7. The van der Waals surface area contributed by atoms with Gasteiger partial charge in [0, 0.05) is 31.7 Å². The van der Waals surface area contributed by atoms with E-state index in [9.17, 15) is 9.59 Å². The average Bonchev–Trinajstić information content (AvgIpc) is 2.64. The van der Waals surface area contributed by atoms with Gasteiger partial charge in [-0.05, 0) is 50.8 Å². The molecule has 3 rings (SSSR count). The van der Waals surface area contributed by atoms with Gasteiger partial charge in [0.25, 0.3) is 0 Å². The number of piperidine rings is 2. The summed E-state index contributed by atoms with van der Waals surface area (Å²) in [5.74, 6) is 0.930. The van der Waals surface area contributed by atoms with Crippen LogP contribution >= 0.6 is 24.8 Å². The standard InChI is InChI=1S/C18H26N4O2.2ClH/c1-13-4-5-16(20-11-13)21-17(23)14-6-9-22(10-7-14)18(24)15-3-2-8-19-12-15;;/h4-5,11,14-15,19H,2-3,6-10,12H2,1H3,(H,20,21,23);2*1H. The zero-order chi connectivity index (χ0) is 16.9. The fraction of sp³-hybridized carbons (Fsp3) is 0.611. The van der Waals surface area contributed by atoms with Gasteiger partial charge in [-0.25, -0.2) is 4.98 Å². The Morgan fingerprint density at radius 1 is 1.15 bits per heavy atom. The van der Waals surface area contributed by atoms with E-state index in [0.717, 1.165) is 44.3 Å². The van der Waals surface area contributed by atoms with Crippen LogP contribution in [0.2, 0.25) is 0 Å². The van der Waals surface area contributed by atoms with E-state index in [1.165, 1.54) is 0 Å². The van der Waals surface area contributed by atoms with E-state index < -0.39 is 0 Å². The number of carbonyl (C=O) groups excluding carboxylic acids is 2. The van der Waals surface area contributed by atoms with Gasteiger partial charge in [0.15, 0.2) is 0 Å². The van der Waals surface area contributed by atoms with Gasteiger partial charge in [-0.1, -0.05) is 6.07 Å². The quantitative estimate of drug-likeness (QED) is 0.813. The van der Waals surface area contributed by atoms with Gasteiger partial charge in [-0.2, -0.15) is 0 Å². The number of aryl methyl sites for hydroxylation is 1. The lowest BCUT2D eigenvalue weighted by Crippen LogP contribution is -2.47. The van der Waals surface area contributed by atoms with Crippen molar-refractivity contribution in [1.82, 2.24) is 15.2 Å². The van der Waals surface area contributed by atoms with Crippen LogP contribution in [0, 0.1) is 18.8 Å². The second kappa shape index (κ2) is 10.7. The summed E-state index contributed by atoms with van der Waals surface area (Å²) < 4.78 is 0. The van der Waals surface area contributed by atoms with Gasteiger partial charge in [0.05, 0.1) is 5.92 Å². The van der Waals surface area contributed by atoms with E-state index in [4.69, 9.17) is 0 Å². The average molecular weight is 403 g/mol. The predicted molar refractivity (Wildman–Crippen MR) is 107 cm³/mol. The maximum atomic E-state index is 12.5. The molecule has 1 aromatic heterocycles. The molecule has 0 bridgehead atoms. The third-order valence-corrected chi connectivity index (χ3v) is 4.99. The minimum absolute atomic E-state index is 0. The Hall–Kier alpha value is -1.37. The summed E-state index contributed by atoms with van der Waals surface area (Å²) in [6.45, 7) is 5.12. The van der Waals surface area contributed by atoms with E-state index in [-0.39, 0.29) is 48.5 Å². The molecular formula is C18H28Cl2N4O2. The summed E-state index contributed by atoms with van der Waals surface area (Å²) in [6, 6.07) is 3.75. The number of pyridine rings is 1. The summed E-state index contributed by atoms with van der Waals surface area (Å²) in [6.07, 6.45) is 5.24. The van der Waals surface area contributed by atoms with Crippen molar-refractivity contribution < 1.29 is 9.59 Å². The fourth-order valence-electron chi connectivity index (χ4n) is 3.45. The lowest BCUT2D eigenvalue weighted by atomic mass is 9.93. The molecule has 0 aliphatic carbocycles. The number of nitrogens with zero attached hydrogens (tertiary/aromatic N) is 2. The molecule has 3 heterocycles. The Morgan fingerprint density at radius 3 is 2.46 bits per heavy atom. The fourth-order valence-corrected chi connectivity index (χ4v) is 3.45. The molecule has 2 aliphatic heterocycles. The first kappa shape index (κ1) is 22.7. The monoisotopic (exact) mass is 402 g/mol. The van der Waals surface area contributed by atoms with Crippen molar-refractivity contribution in [2.45, 2.75) is 32.6 Å². The molecule has 8 heteroatoms. The molecule has 146 valence electrons. The summed E-state index contributed by atoms with van der Waals surface area (Å²) in [4.78, 5) is 31.0. The summed E-state index contributed by atoms with van der Waals surface area (Å²) in [5, 5.41) is 6.18. The van der Waals surface area contributed by atoms with Crippen molar-refractivity contribution in [3.05, 3.63) is 23.9 Å². The maximum Gasteiger partial charge on any atom is 0.228 e. The molecular weight excluding hydrogens is 375 g/mol. The Labute approximate surface area is 167 Å². The van der Waals surface area contributed by atoms with Gasteiger partial charge in [-0.3, -0.25) is 9.59 Å². The Bertz CT molecular complexity index is 583. The summed E-state index contributed by atoms with van der Waals surface area (Å²) in [7, 11) is 0. The molecule has 2 aliphatic rings. The maximum absolute atomic E-state index is 12.5. The lowest BCUT2D eigenvalue weighted by Gasteiger charge is -2.34. The number of likely N-dealkylation sites (tertiary alicyclic amines) is 1. The largest absolute Gasteiger partial charge is 0.342 e. The normalized spacial score (nSPS) is 20.5. The first-order valence-electron chi connectivity index (χ1n) is 8.86. The Morgan fingerprint density at radius 2 is 1.88 bits per heavy atom. The van der Waals surface area contributed by atoms with Crippen molar-refractivity contribution in [3.63, 3.8) is 0 Å². The van der Waals surface area contributed by atoms with Crippen molar-refractivity contribution in [1.29, 1.82) is 0 Å². The van der Waals surface area contributed by atoms with Crippen molar-refractivity contribution in [2.75, 3.05) is 31.5 Å². The van der Waals surface area contributed by atoms with Gasteiger partial charge < -0.3 is 15.5 Å². The number of nitrogens with one attached hydrogen (secondary N) is 2. The number of aromatic nitrogens is 1. The van der Waals surface area contributed by atoms with Crippen LogP contribution in [0.3, 0.4) is 0 Å². The highest BCUT2D eigenvalue weighted by molar-refractivity contribution is 5.92.